The number of guanidine groups is 2. The van der Waals surface area contributed by atoms with Crippen LogP contribution in [0.15, 0.2) is 28.2 Å². The third-order valence-electron chi connectivity index (χ3n) is 4.57. The molecule has 1 spiro atoms. The highest BCUT2D eigenvalue weighted by molar-refractivity contribution is 6.06. The average Bonchev–Trinajstić information content (AvgIpc) is 2.48. The van der Waals surface area contributed by atoms with Crippen LogP contribution in [-0.4, -0.2) is 23.5 Å². The van der Waals surface area contributed by atoms with E-state index in [0.717, 1.165) is 36.9 Å². The maximum atomic E-state index is 11.4. The first-order chi connectivity index (χ1) is 10.9. The standard InChI is InChI=1S/C16H22N6O/c1-10-9-11(13(17)23)5-6-12(10)22-15(19)20-14(18)21-16(22)7-3-2-4-8-16/h5-6,9H,2-4,7-8H2,1H3,(H2,17,23)(H4,18,19,20,21). The lowest BCUT2D eigenvalue weighted by atomic mass is 9.87. The van der Waals surface area contributed by atoms with Gasteiger partial charge in [0.15, 0.2) is 0 Å². The second kappa shape index (κ2) is 5.57. The van der Waals surface area contributed by atoms with E-state index in [2.05, 4.69) is 9.98 Å². The van der Waals surface area contributed by atoms with Crippen molar-refractivity contribution in [2.24, 2.45) is 27.2 Å². The summed E-state index contributed by atoms with van der Waals surface area (Å²) in [4.78, 5) is 22.1. The minimum atomic E-state index is -0.479. The van der Waals surface area contributed by atoms with Gasteiger partial charge in [0.25, 0.3) is 0 Å². The second-order valence-corrected chi connectivity index (χ2v) is 6.18. The number of hydrogen-bond acceptors (Lipinski definition) is 6. The van der Waals surface area contributed by atoms with E-state index in [4.69, 9.17) is 17.2 Å². The lowest BCUT2D eigenvalue weighted by molar-refractivity contribution is 0.1000. The van der Waals surface area contributed by atoms with Crippen molar-refractivity contribution in [1.82, 2.24) is 0 Å². The maximum absolute atomic E-state index is 11.4. The highest BCUT2D eigenvalue weighted by Crippen LogP contribution is 2.40. The van der Waals surface area contributed by atoms with Crippen LogP contribution >= 0.6 is 0 Å². The van der Waals surface area contributed by atoms with Crippen LogP contribution in [-0.2, 0) is 0 Å². The van der Waals surface area contributed by atoms with Gasteiger partial charge in [-0.25, -0.2) is 4.99 Å². The number of rotatable bonds is 2. The number of primary amides is 1. The van der Waals surface area contributed by atoms with E-state index in [1.807, 2.05) is 17.9 Å². The first-order valence-corrected chi connectivity index (χ1v) is 7.83. The van der Waals surface area contributed by atoms with Gasteiger partial charge in [-0.15, -0.1) is 0 Å². The van der Waals surface area contributed by atoms with Crippen molar-refractivity contribution in [3.8, 4) is 0 Å². The van der Waals surface area contributed by atoms with Gasteiger partial charge in [-0.05, 0) is 56.4 Å². The number of carbonyl (C=O) groups is 1. The second-order valence-electron chi connectivity index (χ2n) is 6.18. The molecular weight excluding hydrogens is 292 g/mol. The number of aliphatic imine (C=N–C) groups is 2. The molecule has 2 aliphatic rings. The van der Waals surface area contributed by atoms with Crippen molar-refractivity contribution in [3.05, 3.63) is 29.3 Å². The molecule has 0 unspecified atom stereocenters. The van der Waals surface area contributed by atoms with Crippen molar-refractivity contribution < 1.29 is 4.79 Å². The fourth-order valence-corrected chi connectivity index (χ4v) is 3.53. The van der Waals surface area contributed by atoms with Crippen LogP contribution in [0, 0.1) is 6.92 Å². The first kappa shape index (κ1) is 15.3. The van der Waals surface area contributed by atoms with E-state index in [0.29, 0.717) is 11.5 Å². The fourth-order valence-electron chi connectivity index (χ4n) is 3.53. The molecule has 1 saturated carbocycles. The number of anilines is 1. The van der Waals surface area contributed by atoms with Gasteiger partial charge >= 0.3 is 0 Å². The van der Waals surface area contributed by atoms with Crippen molar-refractivity contribution >= 4 is 23.5 Å². The van der Waals surface area contributed by atoms with E-state index in [1.54, 1.807) is 12.1 Å². The number of carbonyl (C=O) groups excluding carboxylic acids is 1. The topological polar surface area (TPSA) is 123 Å². The molecule has 0 radical (unpaired) electrons. The highest BCUT2D eigenvalue weighted by Gasteiger charge is 2.43. The molecule has 1 aromatic rings. The third-order valence-corrected chi connectivity index (χ3v) is 4.57. The Hall–Kier alpha value is -2.57. The smallest absolute Gasteiger partial charge is 0.248 e. The lowest BCUT2D eigenvalue weighted by Crippen LogP contribution is -2.58. The molecular formula is C16H22N6O. The van der Waals surface area contributed by atoms with Crippen LogP contribution in [0.2, 0.25) is 0 Å². The summed E-state index contributed by atoms with van der Waals surface area (Å²) in [5, 5.41) is 0. The van der Waals surface area contributed by atoms with Crippen LogP contribution in [0.25, 0.3) is 0 Å². The van der Waals surface area contributed by atoms with Crippen molar-refractivity contribution in [3.63, 3.8) is 0 Å². The summed E-state index contributed by atoms with van der Waals surface area (Å²) >= 11 is 0. The van der Waals surface area contributed by atoms with E-state index >= 15 is 0 Å². The van der Waals surface area contributed by atoms with Crippen LogP contribution in [0.1, 0.15) is 48.0 Å². The van der Waals surface area contributed by atoms with Gasteiger partial charge in [0, 0.05) is 11.3 Å². The molecule has 0 atom stereocenters. The van der Waals surface area contributed by atoms with Crippen LogP contribution in [0.4, 0.5) is 5.69 Å². The predicted molar refractivity (Wildman–Crippen MR) is 91.2 cm³/mol. The van der Waals surface area contributed by atoms with Crippen LogP contribution in [0.5, 0.6) is 0 Å². The summed E-state index contributed by atoms with van der Waals surface area (Å²) in [7, 11) is 0. The highest BCUT2D eigenvalue weighted by atomic mass is 16.1. The molecule has 1 aliphatic carbocycles. The zero-order chi connectivity index (χ0) is 16.6. The molecule has 0 bridgehead atoms. The summed E-state index contributed by atoms with van der Waals surface area (Å²) in [5.74, 6) is 0.121. The SMILES string of the molecule is Cc1cc(C(N)=O)ccc1N1C(N)=NC(N)=NC12CCCCC2. The summed E-state index contributed by atoms with van der Waals surface area (Å²) < 4.78 is 0. The van der Waals surface area contributed by atoms with Gasteiger partial charge in [-0.3, -0.25) is 9.69 Å². The molecule has 1 fully saturated rings. The molecule has 1 aromatic carbocycles. The number of nitrogens with two attached hydrogens (primary N) is 3. The molecule has 3 rings (SSSR count). The van der Waals surface area contributed by atoms with Gasteiger partial charge in [0.2, 0.25) is 17.8 Å². The molecule has 7 nitrogen and oxygen atoms in total. The normalized spacial score (nSPS) is 20.1. The largest absolute Gasteiger partial charge is 0.369 e. The van der Waals surface area contributed by atoms with Crippen molar-refractivity contribution in [2.75, 3.05) is 4.90 Å². The molecule has 1 heterocycles. The summed E-state index contributed by atoms with van der Waals surface area (Å²) in [6.45, 7) is 1.92. The van der Waals surface area contributed by atoms with Gasteiger partial charge in [0.1, 0.15) is 5.66 Å². The minimum absolute atomic E-state index is 0.229. The van der Waals surface area contributed by atoms with E-state index in [-0.39, 0.29) is 5.96 Å². The maximum Gasteiger partial charge on any atom is 0.248 e. The zero-order valence-corrected chi connectivity index (χ0v) is 13.2. The minimum Gasteiger partial charge on any atom is -0.369 e. The van der Waals surface area contributed by atoms with Gasteiger partial charge < -0.3 is 17.2 Å². The summed E-state index contributed by atoms with van der Waals surface area (Å²) in [5.41, 5.74) is 19.2. The van der Waals surface area contributed by atoms with Crippen molar-refractivity contribution in [1.29, 1.82) is 0 Å². The van der Waals surface area contributed by atoms with Crippen LogP contribution < -0.4 is 22.1 Å². The number of amides is 1. The number of nitrogens with zero attached hydrogens (tertiary/aromatic N) is 3. The van der Waals surface area contributed by atoms with Gasteiger partial charge in [0.05, 0.1) is 0 Å². The van der Waals surface area contributed by atoms with Gasteiger partial charge in [-0.2, -0.15) is 4.99 Å². The molecule has 6 N–H and O–H groups in total. The Morgan fingerprint density at radius 1 is 1.22 bits per heavy atom. The average molecular weight is 314 g/mol. The summed E-state index contributed by atoms with van der Waals surface area (Å²) in [6.07, 6.45) is 5.07. The van der Waals surface area contributed by atoms with E-state index < -0.39 is 11.6 Å². The van der Waals surface area contributed by atoms with E-state index in [1.165, 1.54) is 6.42 Å². The van der Waals surface area contributed by atoms with Gasteiger partial charge in [-0.1, -0.05) is 6.42 Å². The van der Waals surface area contributed by atoms with E-state index in [9.17, 15) is 4.79 Å². The molecule has 1 aliphatic heterocycles. The Balaban J connectivity index is 2.09. The quantitative estimate of drug-likeness (QED) is 0.759. The Bertz CT molecular complexity index is 703. The molecule has 7 heteroatoms. The Morgan fingerprint density at radius 2 is 1.91 bits per heavy atom. The molecule has 0 aromatic heterocycles. The molecule has 1 amide bonds. The monoisotopic (exact) mass is 314 g/mol. The lowest BCUT2D eigenvalue weighted by Gasteiger charge is -2.46. The number of benzene rings is 1. The predicted octanol–water partition coefficient (Wildman–Crippen LogP) is 1.20. The molecule has 122 valence electrons. The molecule has 23 heavy (non-hydrogen) atoms. The number of hydrogen-bond donors (Lipinski definition) is 3. The third kappa shape index (κ3) is 2.62. The molecule has 0 saturated heterocycles. The Morgan fingerprint density at radius 3 is 2.52 bits per heavy atom. The van der Waals surface area contributed by atoms with Crippen molar-refractivity contribution in [2.45, 2.75) is 44.7 Å². The fraction of sp³-hybridized carbons (Fsp3) is 0.438. The Labute approximate surface area is 135 Å². The first-order valence-electron chi connectivity index (χ1n) is 7.83. The zero-order valence-electron chi connectivity index (χ0n) is 13.2. The Kier molecular flexibility index (Phi) is 3.71. The number of aryl methyl sites for hydroxylation is 1. The van der Waals surface area contributed by atoms with Crippen LogP contribution in [0.3, 0.4) is 0 Å². The summed E-state index contributed by atoms with van der Waals surface area (Å²) in [6, 6.07) is 5.32.